The van der Waals surface area contributed by atoms with Crippen LogP contribution in [0.25, 0.3) is 11.0 Å². The van der Waals surface area contributed by atoms with Gasteiger partial charge in [0.2, 0.25) is 0 Å². The fourth-order valence-corrected chi connectivity index (χ4v) is 3.00. The third-order valence-corrected chi connectivity index (χ3v) is 4.57. The zero-order valence-electron chi connectivity index (χ0n) is 17.1. The van der Waals surface area contributed by atoms with E-state index in [0.717, 1.165) is 11.1 Å². The Morgan fingerprint density at radius 1 is 1.11 bits per heavy atom. The van der Waals surface area contributed by atoms with Crippen molar-refractivity contribution < 1.29 is 14.3 Å². The predicted molar refractivity (Wildman–Crippen MR) is 110 cm³/mol. The molecule has 0 aliphatic carbocycles. The largest absolute Gasteiger partial charge is 0.497 e. The van der Waals surface area contributed by atoms with Crippen LogP contribution in [0.5, 0.6) is 11.5 Å². The topological polar surface area (TPSA) is 78.3 Å². The maximum Gasteiger partial charge on any atom is 0.256 e. The molecule has 148 valence electrons. The number of aromatic nitrogens is 3. The zero-order chi connectivity index (χ0) is 20.4. The molecular weight excluding hydrogens is 356 g/mol. The number of methoxy groups -OCH3 is 2. The first kappa shape index (κ1) is 19.7. The minimum Gasteiger partial charge on any atom is -0.497 e. The van der Waals surface area contributed by atoms with Gasteiger partial charge in [-0.2, -0.15) is 5.10 Å². The number of rotatable bonds is 6. The van der Waals surface area contributed by atoms with Crippen LogP contribution in [0.15, 0.2) is 30.5 Å². The first-order valence-corrected chi connectivity index (χ1v) is 9.27. The van der Waals surface area contributed by atoms with Gasteiger partial charge in [-0.25, -0.2) is 9.67 Å². The first-order valence-electron chi connectivity index (χ1n) is 9.27. The normalized spacial score (nSPS) is 11.3. The second-order valence-electron chi connectivity index (χ2n) is 7.19. The highest BCUT2D eigenvalue weighted by atomic mass is 16.5. The monoisotopic (exact) mass is 382 g/mol. The molecule has 0 saturated carbocycles. The summed E-state index contributed by atoms with van der Waals surface area (Å²) in [6, 6.07) is 7.24. The van der Waals surface area contributed by atoms with E-state index in [1.165, 1.54) is 0 Å². The number of benzene rings is 1. The van der Waals surface area contributed by atoms with Crippen molar-refractivity contribution >= 4 is 22.6 Å². The van der Waals surface area contributed by atoms with Gasteiger partial charge >= 0.3 is 0 Å². The van der Waals surface area contributed by atoms with Crippen molar-refractivity contribution in [3.8, 4) is 11.5 Å². The molecule has 0 radical (unpaired) electrons. The number of nitrogens with zero attached hydrogens (tertiary/aromatic N) is 3. The zero-order valence-corrected chi connectivity index (χ0v) is 17.1. The molecule has 28 heavy (non-hydrogen) atoms. The number of hydrogen-bond acceptors (Lipinski definition) is 5. The van der Waals surface area contributed by atoms with E-state index in [2.05, 4.69) is 24.3 Å². The van der Waals surface area contributed by atoms with Crippen molar-refractivity contribution in [1.82, 2.24) is 14.8 Å². The van der Waals surface area contributed by atoms with Gasteiger partial charge in [-0.1, -0.05) is 13.8 Å². The van der Waals surface area contributed by atoms with Crippen molar-refractivity contribution in [2.45, 2.75) is 39.7 Å². The van der Waals surface area contributed by atoms with Crippen molar-refractivity contribution in [3.05, 3.63) is 41.7 Å². The summed E-state index contributed by atoms with van der Waals surface area (Å²) < 4.78 is 12.5. The van der Waals surface area contributed by atoms with Gasteiger partial charge in [-0.15, -0.1) is 0 Å². The average Bonchev–Trinajstić information content (AvgIpc) is 3.11. The van der Waals surface area contributed by atoms with Gasteiger partial charge in [0.25, 0.3) is 5.91 Å². The van der Waals surface area contributed by atoms with E-state index in [-0.39, 0.29) is 17.9 Å². The molecule has 0 aliphatic rings. The van der Waals surface area contributed by atoms with E-state index in [0.29, 0.717) is 28.4 Å². The fourth-order valence-electron chi connectivity index (χ4n) is 3.00. The summed E-state index contributed by atoms with van der Waals surface area (Å²) in [6.45, 7) is 8.18. The standard InChI is InChI=1S/C21H26N4O3/c1-12(2)17-10-15(16-11-22-25(13(3)4)20(16)23-17)21(26)24-18-9-14(27-5)7-8-19(18)28-6/h7-13H,1-6H3,(H,24,26). The van der Waals surface area contributed by atoms with Crippen LogP contribution in [0.2, 0.25) is 0 Å². The van der Waals surface area contributed by atoms with E-state index in [1.54, 1.807) is 38.6 Å². The van der Waals surface area contributed by atoms with Gasteiger partial charge < -0.3 is 14.8 Å². The summed E-state index contributed by atoms with van der Waals surface area (Å²) in [4.78, 5) is 17.9. The van der Waals surface area contributed by atoms with Gasteiger partial charge in [0.05, 0.1) is 37.1 Å². The maximum absolute atomic E-state index is 13.2. The van der Waals surface area contributed by atoms with Crippen LogP contribution in [0, 0.1) is 0 Å². The minimum absolute atomic E-state index is 0.141. The Hall–Kier alpha value is -3.09. The fraction of sp³-hybridized carbons (Fsp3) is 0.381. The summed E-state index contributed by atoms with van der Waals surface area (Å²) in [7, 11) is 3.14. The van der Waals surface area contributed by atoms with Crippen molar-refractivity contribution in [2.24, 2.45) is 0 Å². The van der Waals surface area contributed by atoms with E-state index in [1.807, 2.05) is 24.6 Å². The molecule has 0 saturated heterocycles. The molecule has 2 heterocycles. The number of anilines is 1. The summed E-state index contributed by atoms with van der Waals surface area (Å²) in [5.41, 5.74) is 2.63. The highest BCUT2D eigenvalue weighted by Crippen LogP contribution is 2.30. The number of pyridine rings is 1. The number of ether oxygens (including phenoxy) is 2. The van der Waals surface area contributed by atoms with Crippen LogP contribution in [-0.4, -0.2) is 34.9 Å². The number of hydrogen-bond donors (Lipinski definition) is 1. The van der Waals surface area contributed by atoms with Crippen molar-refractivity contribution in [1.29, 1.82) is 0 Å². The predicted octanol–water partition coefficient (Wildman–Crippen LogP) is 4.41. The Bertz CT molecular complexity index is 1010. The molecule has 1 aromatic carbocycles. The SMILES string of the molecule is COc1ccc(OC)c(NC(=O)c2cc(C(C)C)nc3c2cnn3C(C)C)c1. The quantitative estimate of drug-likeness (QED) is 0.683. The third kappa shape index (κ3) is 3.65. The molecule has 2 aromatic heterocycles. The first-order chi connectivity index (χ1) is 13.3. The molecule has 3 rings (SSSR count). The van der Waals surface area contributed by atoms with Crippen LogP contribution >= 0.6 is 0 Å². The van der Waals surface area contributed by atoms with Crippen LogP contribution in [0.1, 0.15) is 55.7 Å². The Morgan fingerprint density at radius 2 is 1.86 bits per heavy atom. The molecule has 0 bridgehead atoms. The lowest BCUT2D eigenvalue weighted by atomic mass is 10.0. The number of amides is 1. The third-order valence-electron chi connectivity index (χ3n) is 4.57. The second kappa shape index (κ2) is 7.88. The van der Waals surface area contributed by atoms with Crippen LogP contribution in [0.3, 0.4) is 0 Å². The average molecular weight is 382 g/mol. The van der Waals surface area contributed by atoms with E-state index in [4.69, 9.17) is 14.5 Å². The van der Waals surface area contributed by atoms with E-state index in [9.17, 15) is 4.79 Å². The molecule has 0 fully saturated rings. The second-order valence-corrected chi connectivity index (χ2v) is 7.19. The highest BCUT2D eigenvalue weighted by molar-refractivity contribution is 6.12. The molecule has 1 amide bonds. The number of carbonyl (C=O) groups is 1. The molecule has 0 atom stereocenters. The van der Waals surface area contributed by atoms with E-state index < -0.39 is 0 Å². The summed E-state index contributed by atoms with van der Waals surface area (Å²) in [5, 5.41) is 8.10. The van der Waals surface area contributed by atoms with Crippen LogP contribution < -0.4 is 14.8 Å². The number of carbonyl (C=O) groups excluding carboxylic acids is 1. The van der Waals surface area contributed by atoms with Crippen LogP contribution in [0.4, 0.5) is 5.69 Å². The molecule has 0 unspecified atom stereocenters. The van der Waals surface area contributed by atoms with Gasteiger partial charge in [0, 0.05) is 17.8 Å². The highest BCUT2D eigenvalue weighted by Gasteiger charge is 2.20. The number of nitrogens with one attached hydrogen (secondary N) is 1. The van der Waals surface area contributed by atoms with Gasteiger partial charge in [-0.3, -0.25) is 4.79 Å². The molecule has 3 aromatic rings. The Labute approximate surface area is 164 Å². The van der Waals surface area contributed by atoms with Gasteiger partial charge in [-0.05, 0) is 38.0 Å². The molecule has 1 N–H and O–H groups in total. The lowest BCUT2D eigenvalue weighted by Crippen LogP contribution is -2.15. The van der Waals surface area contributed by atoms with Gasteiger partial charge in [0.1, 0.15) is 11.5 Å². The Morgan fingerprint density at radius 3 is 2.46 bits per heavy atom. The minimum atomic E-state index is -0.246. The van der Waals surface area contributed by atoms with Crippen molar-refractivity contribution in [3.63, 3.8) is 0 Å². The van der Waals surface area contributed by atoms with Gasteiger partial charge in [0.15, 0.2) is 5.65 Å². The molecule has 0 spiro atoms. The lowest BCUT2D eigenvalue weighted by Gasteiger charge is -2.14. The van der Waals surface area contributed by atoms with E-state index >= 15 is 0 Å². The molecule has 7 heteroatoms. The smallest absolute Gasteiger partial charge is 0.256 e. The number of fused-ring (bicyclic) bond motifs is 1. The maximum atomic E-state index is 13.2. The summed E-state index contributed by atoms with van der Waals surface area (Å²) in [5.74, 6) is 1.12. The van der Waals surface area contributed by atoms with Crippen LogP contribution in [-0.2, 0) is 0 Å². The Balaban J connectivity index is 2.09. The van der Waals surface area contributed by atoms with Crippen molar-refractivity contribution in [2.75, 3.05) is 19.5 Å². The molecular formula is C21H26N4O3. The molecule has 7 nitrogen and oxygen atoms in total. The lowest BCUT2D eigenvalue weighted by molar-refractivity contribution is 0.102. The summed E-state index contributed by atoms with van der Waals surface area (Å²) in [6.07, 6.45) is 1.70. The Kier molecular flexibility index (Phi) is 5.53. The molecule has 0 aliphatic heterocycles. The summed E-state index contributed by atoms with van der Waals surface area (Å²) >= 11 is 0.